The fraction of sp³-hybridized carbons (Fsp3) is 0.438. The van der Waals surface area contributed by atoms with Gasteiger partial charge < -0.3 is 15.4 Å². The minimum absolute atomic E-state index is 0.0454. The molecule has 0 bridgehead atoms. The monoisotopic (exact) mass is 398 g/mol. The Kier molecular flexibility index (Phi) is 6.92. The van der Waals surface area contributed by atoms with Crippen LogP contribution in [0.1, 0.15) is 19.3 Å². The number of hydrogen-bond donors (Lipinski definition) is 2. The van der Waals surface area contributed by atoms with Gasteiger partial charge in [0.1, 0.15) is 0 Å². The number of rotatable bonds is 8. The number of ether oxygens (including phenoxy) is 1. The molecule has 2 heterocycles. The molecule has 1 saturated heterocycles. The van der Waals surface area contributed by atoms with Crippen LogP contribution in [-0.4, -0.2) is 41.1 Å². The van der Waals surface area contributed by atoms with Crippen LogP contribution in [0, 0.1) is 0 Å². The zero-order valence-corrected chi connectivity index (χ0v) is 15.9. The Balaban J connectivity index is 1.36. The summed E-state index contributed by atoms with van der Waals surface area (Å²) in [4.78, 5) is 11.9. The Bertz CT molecular complexity index is 707. The molecule has 1 atom stereocenters. The summed E-state index contributed by atoms with van der Waals surface area (Å²) in [7, 11) is 0. The SMILES string of the molecule is O=C(CCSc1nnc(NC[C@@H]2CCCO2)s1)Nc1cccc(Cl)c1. The van der Waals surface area contributed by atoms with Crippen LogP contribution in [0.15, 0.2) is 28.6 Å². The first-order valence-electron chi connectivity index (χ1n) is 8.06. The Morgan fingerprint density at radius 2 is 2.36 bits per heavy atom. The first kappa shape index (κ1) is 18.4. The van der Waals surface area contributed by atoms with E-state index in [-0.39, 0.29) is 12.0 Å². The number of carbonyl (C=O) groups is 1. The van der Waals surface area contributed by atoms with Crippen molar-refractivity contribution in [2.24, 2.45) is 0 Å². The van der Waals surface area contributed by atoms with E-state index in [1.807, 2.05) is 6.07 Å². The van der Waals surface area contributed by atoms with Crippen LogP contribution in [0.25, 0.3) is 0 Å². The number of benzene rings is 1. The number of amides is 1. The average molecular weight is 399 g/mol. The second kappa shape index (κ2) is 9.38. The lowest BCUT2D eigenvalue weighted by atomic mass is 10.2. The maximum absolute atomic E-state index is 11.9. The molecule has 6 nitrogen and oxygen atoms in total. The Hall–Kier alpha value is -1.35. The van der Waals surface area contributed by atoms with E-state index in [1.165, 1.54) is 23.1 Å². The van der Waals surface area contributed by atoms with Crippen molar-refractivity contribution in [3.8, 4) is 0 Å². The predicted octanol–water partition coefficient (Wildman–Crippen LogP) is 3.90. The van der Waals surface area contributed by atoms with Crippen LogP contribution in [0.2, 0.25) is 5.02 Å². The van der Waals surface area contributed by atoms with Crippen molar-refractivity contribution in [3.05, 3.63) is 29.3 Å². The van der Waals surface area contributed by atoms with Gasteiger partial charge >= 0.3 is 0 Å². The van der Waals surface area contributed by atoms with E-state index in [1.54, 1.807) is 18.2 Å². The van der Waals surface area contributed by atoms with Crippen LogP contribution in [0.3, 0.4) is 0 Å². The normalized spacial score (nSPS) is 16.8. The number of halogens is 1. The highest BCUT2D eigenvalue weighted by Gasteiger charge is 2.16. The van der Waals surface area contributed by atoms with Gasteiger partial charge in [0.2, 0.25) is 11.0 Å². The summed E-state index contributed by atoms with van der Waals surface area (Å²) < 4.78 is 6.42. The van der Waals surface area contributed by atoms with Gasteiger partial charge in [-0.05, 0) is 31.0 Å². The van der Waals surface area contributed by atoms with Gasteiger partial charge in [0.15, 0.2) is 4.34 Å². The smallest absolute Gasteiger partial charge is 0.225 e. The number of nitrogens with zero attached hydrogens (tertiary/aromatic N) is 2. The molecule has 1 aliphatic heterocycles. The first-order valence-corrected chi connectivity index (χ1v) is 10.2. The quantitative estimate of drug-likeness (QED) is 0.656. The molecule has 1 aromatic heterocycles. The molecule has 1 amide bonds. The summed E-state index contributed by atoms with van der Waals surface area (Å²) in [6.07, 6.45) is 2.89. The summed E-state index contributed by atoms with van der Waals surface area (Å²) in [5, 5.41) is 15.7. The van der Waals surface area contributed by atoms with Crippen molar-refractivity contribution >= 4 is 51.4 Å². The van der Waals surface area contributed by atoms with Gasteiger partial charge in [-0.1, -0.05) is 40.8 Å². The molecule has 0 aliphatic carbocycles. The maximum atomic E-state index is 11.9. The molecular formula is C16H19ClN4O2S2. The van der Waals surface area contributed by atoms with E-state index in [9.17, 15) is 4.79 Å². The lowest BCUT2D eigenvalue weighted by molar-refractivity contribution is -0.115. The van der Waals surface area contributed by atoms with Crippen LogP contribution in [0.5, 0.6) is 0 Å². The van der Waals surface area contributed by atoms with Crippen molar-refractivity contribution in [2.45, 2.75) is 29.7 Å². The second-order valence-corrected chi connectivity index (χ2v) is 8.30. The summed E-state index contributed by atoms with van der Waals surface area (Å²) in [5.41, 5.74) is 0.707. The van der Waals surface area contributed by atoms with E-state index < -0.39 is 0 Å². The van der Waals surface area contributed by atoms with Gasteiger partial charge in [-0.2, -0.15) is 0 Å². The van der Waals surface area contributed by atoms with Gasteiger partial charge in [0.05, 0.1) is 6.10 Å². The minimum Gasteiger partial charge on any atom is -0.376 e. The molecule has 9 heteroatoms. The Morgan fingerprint density at radius 3 is 3.16 bits per heavy atom. The van der Waals surface area contributed by atoms with Crippen LogP contribution in [0.4, 0.5) is 10.8 Å². The Morgan fingerprint density at radius 1 is 1.44 bits per heavy atom. The number of hydrogen-bond acceptors (Lipinski definition) is 7. The molecule has 0 spiro atoms. The molecule has 1 aliphatic rings. The van der Waals surface area contributed by atoms with E-state index in [2.05, 4.69) is 20.8 Å². The van der Waals surface area contributed by atoms with Gasteiger partial charge in [-0.15, -0.1) is 10.2 Å². The third-order valence-electron chi connectivity index (χ3n) is 3.57. The number of carbonyl (C=O) groups excluding carboxylic acids is 1. The second-order valence-electron chi connectivity index (χ2n) is 5.55. The molecular weight excluding hydrogens is 380 g/mol. The van der Waals surface area contributed by atoms with Crippen molar-refractivity contribution in [1.29, 1.82) is 0 Å². The zero-order valence-electron chi connectivity index (χ0n) is 13.5. The predicted molar refractivity (Wildman–Crippen MR) is 103 cm³/mol. The fourth-order valence-corrected chi connectivity index (χ4v) is 4.32. The molecule has 0 unspecified atom stereocenters. The molecule has 134 valence electrons. The molecule has 0 radical (unpaired) electrons. The average Bonchev–Trinajstić information content (AvgIpc) is 3.24. The number of thioether (sulfide) groups is 1. The van der Waals surface area contributed by atoms with E-state index >= 15 is 0 Å². The highest BCUT2D eigenvalue weighted by atomic mass is 35.5. The van der Waals surface area contributed by atoms with Crippen molar-refractivity contribution in [3.63, 3.8) is 0 Å². The largest absolute Gasteiger partial charge is 0.376 e. The molecule has 1 aromatic carbocycles. The fourth-order valence-electron chi connectivity index (χ4n) is 2.37. The van der Waals surface area contributed by atoms with E-state index in [0.717, 1.165) is 35.5 Å². The highest BCUT2D eigenvalue weighted by Crippen LogP contribution is 2.26. The molecule has 1 fully saturated rings. The lowest BCUT2D eigenvalue weighted by Crippen LogP contribution is -2.18. The van der Waals surface area contributed by atoms with Gasteiger partial charge in [-0.25, -0.2) is 0 Å². The molecule has 2 N–H and O–H groups in total. The van der Waals surface area contributed by atoms with Crippen LogP contribution in [-0.2, 0) is 9.53 Å². The zero-order chi connectivity index (χ0) is 17.5. The molecule has 2 aromatic rings. The minimum atomic E-state index is -0.0454. The van der Waals surface area contributed by atoms with E-state index in [0.29, 0.717) is 22.9 Å². The first-order chi connectivity index (χ1) is 12.2. The summed E-state index contributed by atoms with van der Waals surface area (Å²) in [6, 6.07) is 7.11. The van der Waals surface area contributed by atoms with Crippen LogP contribution < -0.4 is 10.6 Å². The molecule has 0 saturated carbocycles. The summed E-state index contributed by atoms with van der Waals surface area (Å²) in [5.74, 6) is 0.600. The van der Waals surface area contributed by atoms with Gasteiger partial charge in [0, 0.05) is 36.0 Å². The van der Waals surface area contributed by atoms with E-state index in [4.69, 9.17) is 16.3 Å². The van der Waals surface area contributed by atoms with Crippen molar-refractivity contribution in [2.75, 3.05) is 29.5 Å². The van der Waals surface area contributed by atoms with Gasteiger partial charge in [0.25, 0.3) is 0 Å². The topological polar surface area (TPSA) is 76.1 Å². The maximum Gasteiger partial charge on any atom is 0.225 e. The number of anilines is 2. The highest BCUT2D eigenvalue weighted by molar-refractivity contribution is 8.01. The lowest BCUT2D eigenvalue weighted by Gasteiger charge is -2.08. The van der Waals surface area contributed by atoms with Crippen molar-refractivity contribution in [1.82, 2.24) is 10.2 Å². The van der Waals surface area contributed by atoms with Crippen molar-refractivity contribution < 1.29 is 9.53 Å². The third-order valence-corrected chi connectivity index (χ3v) is 5.83. The molecule has 3 rings (SSSR count). The standard InChI is InChI=1S/C16H19ClN4O2S2/c17-11-3-1-4-12(9-11)19-14(22)6-8-24-16-21-20-15(25-16)18-10-13-5-2-7-23-13/h1,3-4,9,13H,2,5-8,10H2,(H,18,20)(H,19,22)/t13-/m0/s1. The summed E-state index contributed by atoms with van der Waals surface area (Å²) in [6.45, 7) is 1.61. The Labute approximate surface area is 159 Å². The van der Waals surface area contributed by atoms with Gasteiger partial charge in [-0.3, -0.25) is 4.79 Å². The number of aromatic nitrogens is 2. The number of nitrogens with one attached hydrogen (secondary N) is 2. The van der Waals surface area contributed by atoms with Crippen LogP contribution >= 0.6 is 34.7 Å². The molecule has 25 heavy (non-hydrogen) atoms. The third kappa shape index (κ3) is 6.14. The summed E-state index contributed by atoms with van der Waals surface area (Å²) >= 11 is 8.93.